The molecule has 1 spiro atoms. The van der Waals surface area contributed by atoms with Gasteiger partial charge in [0, 0.05) is 23.6 Å². The molecule has 6 heteroatoms. The van der Waals surface area contributed by atoms with Crippen molar-refractivity contribution < 1.29 is 4.52 Å². The van der Waals surface area contributed by atoms with Crippen molar-refractivity contribution in [3.05, 3.63) is 11.7 Å². The number of hydrogen-bond donors (Lipinski definition) is 1. The summed E-state index contributed by atoms with van der Waals surface area (Å²) in [6, 6.07) is 0. The molecule has 0 bridgehead atoms. The number of hydrogen-bond acceptors (Lipinski definition) is 6. The van der Waals surface area contributed by atoms with E-state index in [0.717, 1.165) is 18.9 Å². The van der Waals surface area contributed by atoms with Crippen molar-refractivity contribution in [3.8, 4) is 0 Å². The molecule has 2 fully saturated rings. The molecule has 2 heterocycles. The summed E-state index contributed by atoms with van der Waals surface area (Å²) in [6.45, 7) is 3.42. The third-order valence-electron chi connectivity index (χ3n) is 4.14. The van der Waals surface area contributed by atoms with Crippen molar-refractivity contribution >= 4 is 11.8 Å². The predicted octanol–water partition coefficient (Wildman–Crippen LogP) is 1.78. The van der Waals surface area contributed by atoms with E-state index in [2.05, 4.69) is 26.8 Å². The zero-order valence-corrected chi connectivity index (χ0v) is 12.1. The molecule has 0 amide bonds. The van der Waals surface area contributed by atoms with E-state index in [4.69, 9.17) is 10.3 Å². The van der Waals surface area contributed by atoms with E-state index >= 15 is 0 Å². The fraction of sp³-hybridized carbons (Fsp3) is 0.846. The Morgan fingerprint density at radius 3 is 2.89 bits per heavy atom. The fourth-order valence-electron chi connectivity index (χ4n) is 3.19. The normalized spacial score (nSPS) is 23.8. The molecule has 19 heavy (non-hydrogen) atoms. The van der Waals surface area contributed by atoms with Gasteiger partial charge in [0.25, 0.3) is 0 Å². The number of thioether (sulfide) groups is 1. The first-order valence-corrected chi connectivity index (χ1v) is 8.16. The molecule has 1 aliphatic carbocycles. The van der Waals surface area contributed by atoms with E-state index < -0.39 is 0 Å². The van der Waals surface area contributed by atoms with Crippen LogP contribution in [-0.4, -0.2) is 38.6 Å². The Morgan fingerprint density at radius 1 is 1.32 bits per heavy atom. The Balaban J connectivity index is 1.61. The standard InChI is InChI=1S/C13H22N4OS/c14-8-12-15-11(16-18-12)9-17-6-7-19-13(10-17)4-2-1-3-5-13/h1-10,14H2. The highest BCUT2D eigenvalue weighted by molar-refractivity contribution is 8.00. The van der Waals surface area contributed by atoms with Crippen molar-refractivity contribution in [2.75, 3.05) is 18.8 Å². The van der Waals surface area contributed by atoms with Crippen molar-refractivity contribution in [1.82, 2.24) is 15.0 Å². The summed E-state index contributed by atoms with van der Waals surface area (Å²) in [5, 5.41) is 4.00. The molecule has 1 saturated heterocycles. The highest BCUT2D eigenvalue weighted by atomic mass is 32.2. The monoisotopic (exact) mass is 282 g/mol. The first-order valence-electron chi connectivity index (χ1n) is 7.18. The Hall–Kier alpha value is -0.590. The van der Waals surface area contributed by atoms with E-state index in [0.29, 0.717) is 17.2 Å². The zero-order valence-electron chi connectivity index (χ0n) is 11.3. The number of aromatic nitrogens is 2. The molecular formula is C13H22N4OS. The minimum absolute atomic E-state index is 0.326. The van der Waals surface area contributed by atoms with Gasteiger partial charge in [-0.2, -0.15) is 16.7 Å². The number of nitrogens with zero attached hydrogens (tertiary/aromatic N) is 3. The Bertz CT molecular complexity index is 411. The van der Waals surface area contributed by atoms with E-state index in [1.54, 1.807) is 0 Å². The molecule has 1 saturated carbocycles. The minimum Gasteiger partial charge on any atom is -0.338 e. The summed E-state index contributed by atoms with van der Waals surface area (Å²) in [7, 11) is 0. The van der Waals surface area contributed by atoms with Crippen molar-refractivity contribution in [1.29, 1.82) is 0 Å². The van der Waals surface area contributed by atoms with Gasteiger partial charge in [-0.25, -0.2) is 0 Å². The van der Waals surface area contributed by atoms with Gasteiger partial charge < -0.3 is 10.3 Å². The summed E-state index contributed by atoms with van der Waals surface area (Å²) < 4.78 is 5.57. The lowest BCUT2D eigenvalue weighted by molar-refractivity contribution is 0.206. The quantitative estimate of drug-likeness (QED) is 0.911. The summed E-state index contributed by atoms with van der Waals surface area (Å²) in [4.78, 5) is 6.78. The molecule has 1 aromatic rings. The minimum atomic E-state index is 0.326. The summed E-state index contributed by atoms with van der Waals surface area (Å²) in [5.41, 5.74) is 5.49. The second-order valence-corrected chi connectivity index (χ2v) is 7.17. The maximum atomic E-state index is 5.49. The molecule has 106 valence electrons. The lowest BCUT2D eigenvalue weighted by Gasteiger charge is -2.44. The maximum absolute atomic E-state index is 5.49. The maximum Gasteiger partial charge on any atom is 0.240 e. The van der Waals surface area contributed by atoms with Gasteiger partial charge in [-0.15, -0.1) is 0 Å². The largest absolute Gasteiger partial charge is 0.338 e. The molecular weight excluding hydrogens is 260 g/mol. The predicted molar refractivity (Wildman–Crippen MR) is 75.7 cm³/mol. The second-order valence-electron chi connectivity index (χ2n) is 5.61. The topological polar surface area (TPSA) is 68.2 Å². The van der Waals surface area contributed by atoms with Gasteiger partial charge in [-0.05, 0) is 12.8 Å². The zero-order chi connectivity index (χ0) is 13.1. The van der Waals surface area contributed by atoms with E-state index in [1.165, 1.54) is 44.4 Å². The SMILES string of the molecule is NCc1nc(CN2CCSC3(CCCCC3)C2)no1. The highest BCUT2D eigenvalue weighted by Crippen LogP contribution is 2.42. The average Bonchev–Trinajstić information content (AvgIpc) is 2.87. The van der Waals surface area contributed by atoms with Crippen molar-refractivity contribution in [2.45, 2.75) is 49.9 Å². The van der Waals surface area contributed by atoms with Crippen LogP contribution in [0, 0.1) is 0 Å². The average molecular weight is 282 g/mol. The van der Waals surface area contributed by atoms with Crippen LogP contribution in [0.25, 0.3) is 0 Å². The Morgan fingerprint density at radius 2 is 2.16 bits per heavy atom. The van der Waals surface area contributed by atoms with Gasteiger partial charge in [0.05, 0.1) is 13.1 Å². The van der Waals surface area contributed by atoms with Crippen molar-refractivity contribution in [3.63, 3.8) is 0 Å². The third-order valence-corrected chi connectivity index (χ3v) is 5.68. The van der Waals surface area contributed by atoms with Crippen LogP contribution in [0.5, 0.6) is 0 Å². The van der Waals surface area contributed by atoms with Crippen LogP contribution in [0.4, 0.5) is 0 Å². The Kier molecular flexibility index (Phi) is 4.10. The number of rotatable bonds is 3. The van der Waals surface area contributed by atoms with Crippen LogP contribution < -0.4 is 5.73 Å². The smallest absolute Gasteiger partial charge is 0.240 e. The first kappa shape index (κ1) is 13.4. The van der Waals surface area contributed by atoms with Crippen LogP contribution in [0.3, 0.4) is 0 Å². The summed E-state index contributed by atoms with van der Waals surface area (Å²) in [6.07, 6.45) is 6.93. The fourth-order valence-corrected chi connectivity index (χ4v) is 4.83. The molecule has 2 aliphatic rings. The van der Waals surface area contributed by atoms with Crippen LogP contribution in [-0.2, 0) is 13.1 Å². The highest BCUT2D eigenvalue weighted by Gasteiger charge is 2.37. The molecule has 0 aromatic carbocycles. The molecule has 0 unspecified atom stereocenters. The van der Waals surface area contributed by atoms with Crippen molar-refractivity contribution in [2.24, 2.45) is 5.73 Å². The molecule has 3 rings (SSSR count). The van der Waals surface area contributed by atoms with Crippen LogP contribution in [0.15, 0.2) is 4.52 Å². The summed E-state index contributed by atoms with van der Waals surface area (Å²) >= 11 is 2.18. The van der Waals surface area contributed by atoms with Gasteiger partial charge in [-0.1, -0.05) is 24.4 Å². The van der Waals surface area contributed by atoms with Crippen LogP contribution in [0.1, 0.15) is 43.8 Å². The molecule has 1 aromatic heterocycles. The lowest BCUT2D eigenvalue weighted by atomic mass is 9.87. The van der Waals surface area contributed by atoms with Gasteiger partial charge in [0.2, 0.25) is 5.89 Å². The molecule has 5 nitrogen and oxygen atoms in total. The van der Waals surface area contributed by atoms with E-state index in [9.17, 15) is 0 Å². The van der Waals surface area contributed by atoms with Crippen LogP contribution >= 0.6 is 11.8 Å². The van der Waals surface area contributed by atoms with E-state index in [-0.39, 0.29) is 0 Å². The van der Waals surface area contributed by atoms with E-state index in [1.807, 2.05) is 0 Å². The number of nitrogens with two attached hydrogens (primary N) is 1. The lowest BCUT2D eigenvalue weighted by Crippen LogP contribution is -2.47. The van der Waals surface area contributed by atoms with Gasteiger partial charge in [0.15, 0.2) is 5.82 Å². The molecule has 0 atom stereocenters. The van der Waals surface area contributed by atoms with Crippen LogP contribution in [0.2, 0.25) is 0 Å². The second kappa shape index (κ2) is 5.81. The first-order chi connectivity index (χ1) is 9.30. The molecule has 0 radical (unpaired) electrons. The molecule has 1 aliphatic heterocycles. The van der Waals surface area contributed by atoms with Gasteiger partial charge in [-0.3, -0.25) is 4.90 Å². The molecule has 2 N–H and O–H groups in total. The van der Waals surface area contributed by atoms with Gasteiger partial charge in [0.1, 0.15) is 0 Å². The Labute approximate surface area is 118 Å². The third kappa shape index (κ3) is 3.12. The summed E-state index contributed by atoms with van der Waals surface area (Å²) in [5.74, 6) is 2.54. The van der Waals surface area contributed by atoms with Gasteiger partial charge >= 0.3 is 0 Å².